The number of nitrogens with zero attached hydrogens (tertiary/aromatic N) is 2. The molecule has 2 saturated heterocycles. The van der Waals surface area contributed by atoms with Crippen LogP contribution in [0.4, 0.5) is 5.82 Å². The van der Waals surface area contributed by atoms with E-state index in [4.69, 9.17) is 18.0 Å². The van der Waals surface area contributed by atoms with E-state index < -0.39 is 0 Å². The Morgan fingerprint density at radius 3 is 2.67 bits per heavy atom. The van der Waals surface area contributed by atoms with Gasteiger partial charge in [0.15, 0.2) is 0 Å². The number of hydrogen-bond donors (Lipinski definition) is 2. The van der Waals surface area contributed by atoms with Crippen molar-refractivity contribution in [3.8, 4) is 0 Å². The van der Waals surface area contributed by atoms with Crippen molar-refractivity contribution >= 4 is 23.0 Å². The number of pyridine rings is 1. The third-order valence-electron chi connectivity index (χ3n) is 5.09. The minimum atomic E-state index is 0.427. The number of anilines is 1. The van der Waals surface area contributed by atoms with Gasteiger partial charge in [0.2, 0.25) is 0 Å². The number of rotatable bonds is 3. The zero-order chi connectivity index (χ0) is 15.0. The van der Waals surface area contributed by atoms with Crippen LogP contribution in [0, 0.1) is 6.92 Å². The standard InChI is InChI=1S/C16H24N4S/c1-10-6-7-18-16(14(10)15(17)21)19-11-8-12-4-3-5-13(9-11)20(12)2/h6-7,11-13H,3-5,8-9H2,1-2H3,(H2,17,21)(H,18,19). The van der Waals surface area contributed by atoms with Crippen LogP contribution in [0.5, 0.6) is 0 Å². The largest absolute Gasteiger partial charge is 0.389 e. The maximum Gasteiger partial charge on any atom is 0.136 e. The van der Waals surface area contributed by atoms with E-state index in [0.717, 1.165) is 16.9 Å². The predicted molar refractivity (Wildman–Crippen MR) is 90.7 cm³/mol. The molecular formula is C16H24N4S. The molecule has 4 nitrogen and oxygen atoms in total. The number of piperidine rings is 2. The van der Waals surface area contributed by atoms with Crippen molar-refractivity contribution in [2.24, 2.45) is 5.73 Å². The highest BCUT2D eigenvalue weighted by molar-refractivity contribution is 7.80. The maximum absolute atomic E-state index is 5.88. The number of fused-ring (bicyclic) bond motifs is 2. The Morgan fingerprint density at radius 2 is 2.05 bits per heavy atom. The quantitative estimate of drug-likeness (QED) is 0.840. The Bertz CT molecular complexity index is 531. The van der Waals surface area contributed by atoms with E-state index in [9.17, 15) is 0 Å². The van der Waals surface area contributed by atoms with Crippen molar-refractivity contribution < 1.29 is 0 Å². The maximum atomic E-state index is 5.88. The van der Waals surface area contributed by atoms with Crippen molar-refractivity contribution in [1.82, 2.24) is 9.88 Å². The molecule has 0 aromatic carbocycles. The molecule has 0 aliphatic carbocycles. The number of thiocarbonyl (C=S) groups is 1. The monoisotopic (exact) mass is 304 g/mol. The Balaban J connectivity index is 1.79. The van der Waals surface area contributed by atoms with E-state index in [0.29, 0.717) is 23.1 Å². The Labute approximate surface area is 132 Å². The summed E-state index contributed by atoms with van der Waals surface area (Å²) in [7, 11) is 2.27. The van der Waals surface area contributed by atoms with Gasteiger partial charge in [0.1, 0.15) is 10.8 Å². The van der Waals surface area contributed by atoms with Crippen LogP contribution in [0.2, 0.25) is 0 Å². The summed E-state index contributed by atoms with van der Waals surface area (Å²) in [5, 5.41) is 3.62. The van der Waals surface area contributed by atoms with Crippen LogP contribution in [-0.2, 0) is 0 Å². The number of aromatic nitrogens is 1. The van der Waals surface area contributed by atoms with Crippen molar-refractivity contribution in [1.29, 1.82) is 0 Å². The fourth-order valence-corrected chi connectivity index (χ4v) is 4.16. The molecule has 0 saturated carbocycles. The van der Waals surface area contributed by atoms with Gasteiger partial charge < -0.3 is 16.0 Å². The lowest BCUT2D eigenvalue weighted by atomic mass is 9.82. The number of aryl methyl sites for hydroxylation is 1. The van der Waals surface area contributed by atoms with E-state index >= 15 is 0 Å². The molecule has 2 bridgehead atoms. The average Bonchev–Trinajstić information content (AvgIpc) is 2.39. The van der Waals surface area contributed by atoms with Gasteiger partial charge in [0.05, 0.1) is 5.56 Å². The fourth-order valence-electron chi connectivity index (χ4n) is 3.91. The molecule has 0 amide bonds. The van der Waals surface area contributed by atoms with Crippen LogP contribution < -0.4 is 11.1 Å². The van der Waals surface area contributed by atoms with Gasteiger partial charge in [-0.25, -0.2) is 4.98 Å². The van der Waals surface area contributed by atoms with Crippen LogP contribution >= 0.6 is 12.2 Å². The Kier molecular flexibility index (Phi) is 4.13. The molecule has 2 aliphatic heterocycles. The molecule has 2 atom stereocenters. The first-order valence-corrected chi connectivity index (χ1v) is 8.21. The highest BCUT2D eigenvalue weighted by Gasteiger charge is 2.36. The van der Waals surface area contributed by atoms with Gasteiger partial charge in [0, 0.05) is 24.3 Å². The molecule has 3 rings (SSSR count). The van der Waals surface area contributed by atoms with Gasteiger partial charge in [-0.05, 0) is 51.3 Å². The van der Waals surface area contributed by atoms with Crippen LogP contribution in [-0.4, -0.2) is 40.0 Å². The summed E-state index contributed by atoms with van der Waals surface area (Å²) in [6.07, 6.45) is 8.18. The molecule has 2 fully saturated rings. The van der Waals surface area contributed by atoms with Gasteiger partial charge in [-0.2, -0.15) is 0 Å². The topological polar surface area (TPSA) is 54.2 Å². The SMILES string of the molecule is Cc1ccnc(NC2CC3CCCC(C2)N3C)c1C(N)=S. The molecule has 114 valence electrons. The molecule has 21 heavy (non-hydrogen) atoms. The first-order chi connectivity index (χ1) is 10.1. The van der Waals surface area contributed by atoms with E-state index in [1.165, 1.54) is 32.1 Å². The zero-order valence-corrected chi connectivity index (χ0v) is 13.6. The summed E-state index contributed by atoms with van der Waals surface area (Å²) < 4.78 is 0. The second-order valence-electron chi connectivity index (χ2n) is 6.43. The third-order valence-corrected chi connectivity index (χ3v) is 5.29. The minimum Gasteiger partial charge on any atom is -0.389 e. The second-order valence-corrected chi connectivity index (χ2v) is 6.87. The van der Waals surface area contributed by atoms with Crippen LogP contribution in [0.15, 0.2) is 12.3 Å². The van der Waals surface area contributed by atoms with Gasteiger partial charge >= 0.3 is 0 Å². The average molecular weight is 304 g/mol. The molecule has 1 aromatic heterocycles. The predicted octanol–water partition coefficient (Wildman–Crippen LogP) is 2.45. The molecule has 2 unspecified atom stereocenters. The molecule has 5 heteroatoms. The van der Waals surface area contributed by atoms with Gasteiger partial charge in [-0.3, -0.25) is 0 Å². The van der Waals surface area contributed by atoms with Crippen molar-refractivity contribution in [2.75, 3.05) is 12.4 Å². The molecule has 3 heterocycles. The van der Waals surface area contributed by atoms with Crippen LogP contribution in [0.25, 0.3) is 0 Å². The first-order valence-electron chi connectivity index (χ1n) is 7.80. The third kappa shape index (κ3) is 2.90. The lowest BCUT2D eigenvalue weighted by molar-refractivity contribution is 0.0608. The first kappa shape index (κ1) is 14.7. The number of hydrogen-bond acceptors (Lipinski definition) is 4. The van der Waals surface area contributed by atoms with Crippen molar-refractivity contribution in [2.45, 2.75) is 57.2 Å². The van der Waals surface area contributed by atoms with E-state index in [1.807, 2.05) is 19.2 Å². The smallest absolute Gasteiger partial charge is 0.136 e. The Hall–Kier alpha value is -1.20. The normalized spacial score (nSPS) is 29.1. The molecule has 2 aliphatic rings. The minimum absolute atomic E-state index is 0.427. The Morgan fingerprint density at radius 1 is 1.38 bits per heavy atom. The highest BCUT2D eigenvalue weighted by Crippen LogP contribution is 2.34. The highest BCUT2D eigenvalue weighted by atomic mass is 32.1. The van der Waals surface area contributed by atoms with E-state index in [-0.39, 0.29) is 0 Å². The number of nitrogens with two attached hydrogens (primary N) is 1. The van der Waals surface area contributed by atoms with E-state index in [1.54, 1.807) is 0 Å². The summed E-state index contributed by atoms with van der Waals surface area (Å²) in [4.78, 5) is 7.47. The summed E-state index contributed by atoms with van der Waals surface area (Å²) >= 11 is 5.19. The van der Waals surface area contributed by atoms with Crippen LogP contribution in [0.1, 0.15) is 43.2 Å². The molecule has 3 N–H and O–H groups in total. The van der Waals surface area contributed by atoms with E-state index in [2.05, 4.69) is 22.2 Å². The van der Waals surface area contributed by atoms with Crippen molar-refractivity contribution in [3.05, 3.63) is 23.4 Å². The van der Waals surface area contributed by atoms with Gasteiger partial charge in [-0.15, -0.1) is 0 Å². The summed E-state index contributed by atoms with van der Waals surface area (Å²) in [5.74, 6) is 0.857. The van der Waals surface area contributed by atoms with Gasteiger partial charge in [0.25, 0.3) is 0 Å². The number of nitrogens with one attached hydrogen (secondary N) is 1. The fraction of sp³-hybridized carbons (Fsp3) is 0.625. The molecule has 0 spiro atoms. The zero-order valence-electron chi connectivity index (χ0n) is 12.8. The molecule has 0 radical (unpaired) electrons. The summed E-state index contributed by atoms with van der Waals surface area (Å²) in [6, 6.07) is 3.84. The lowest BCUT2D eigenvalue weighted by Gasteiger charge is -2.47. The van der Waals surface area contributed by atoms with Gasteiger partial charge in [-0.1, -0.05) is 18.6 Å². The summed E-state index contributed by atoms with van der Waals surface area (Å²) in [5.41, 5.74) is 7.87. The summed E-state index contributed by atoms with van der Waals surface area (Å²) in [6.45, 7) is 2.03. The van der Waals surface area contributed by atoms with Crippen LogP contribution in [0.3, 0.4) is 0 Å². The lowest BCUT2D eigenvalue weighted by Crippen LogP contribution is -2.53. The molecule has 1 aromatic rings. The second kappa shape index (κ2) is 5.89. The van der Waals surface area contributed by atoms with Crippen molar-refractivity contribution in [3.63, 3.8) is 0 Å². The molecular weight excluding hydrogens is 280 g/mol.